The maximum absolute atomic E-state index is 12.5. The van der Waals surface area contributed by atoms with Gasteiger partial charge in [-0.15, -0.1) is 0 Å². The Balaban J connectivity index is 1.41. The van der Waals surface area contributed by atoms with E-state index in [1.807, 2.05) is 36.7 Å². The lowest BCUT2D eigenvalue weighted by atomic mass is 10.1. The lowest BCUT2D eigenvalue weighted by Crippen LogP contribution is -2.33. The van der Waals surface area contributed by atoms with E-state index < -0.39 is 0 Å². The van der Waals surface area contributed by atoms with Crippen molar-refractivity contribution < 1.29 is 14.1 Å². The van der Waals surface area contributed by atoms with Crippen LogP contribution < -0.4 is 5.32 Å². The zero-order valence-electron chi connectivity index (χ0n) is 19.3. The van der Waals surface area contributed by atoms with Gasteiger partial charge < -0.3 is 19.5 Å². The molecule has 1 aromatic carbocycles. The van der Waals surface area contributed by atoms with E-state index >= 15 is 0 Å². The molecular weight excluding hydrogens is 408 g/mol. The van der Waals surface area contributed by atoms with Crippen LogP contribution in [0.25, 0.3) is 11.6 Å². The molecule has 0 bridgehead atoms. The molecule has 9 heteroatoms. The Labute approximate surface area is 187 Å². The van der Waals surface area contributed by atoms with Gasteiger partial charge in [-0.1, -0.05) is 22.9 Å². The molecule has 0 aliphatic carbocycles. The molecule has 2 aromatic heterocycles. The topological polar surface area (TPSA) is 98.3 Å². The van der Waals surface area contributed by atoms with Gasteiger partial charge in [0.15, 0.2) is 11.5 Å². The molecular formula is C23H30N6O3. The first kappa shape index (κ1) is 22.0. The lowest BCUT2D eigenvalue weighted by molar-refractivity contribution is 0.108. The van der Waals surface area contributed by atoms with Crippen LogP contribution in [0.3, 0.4) is 0 Å². The Hall–Kier alpha value is -3.20. The highest BCUT2D eigenvalue weighted by atomic mass is 16.5. The molecule has 0 spiro atoms. The fraction of sp³-hybridized carbons (Fsp3) is 0.478. The molecule has 0 saturated carbocycles. The van der Waals surface area contributed by atoms with Crippen molar-refractivity contribution in [3.63, 3.8) is 0 Å². The molecule has 0 saturated heterocycles. The Morgan fingerprint density at radius 1 is 1.31 bits per heavy atom. The Kier molecular flexibility index (Phi) is 6.27. The molecule has 0 atom stereocenters. The summed E-state index contributed by atoms with van der Waals surface area (Å²) < 4.78 is 13.2. The van der Waals surface area contributed by atoms with Gasteiger partial charge in [0.25, 0.3) is 5.89 Å². The predicted octanol–water partition coefficient (Wildman–Crippen LogP) is 3.91. The van der Waals surface area contributed by atoms with Gasteiger partial charge in [-0.3, -0.25) is 4.68 Å². The largest absolute Gasteiger partial charge is 0.376 e. The van der Waals surface area contributed by atoms with Crippen LogP contribution in [0.5, 0.6) is 0 Å². The van der Waals surface area contributed by atoms with Crippen molar-refractivity contribution in [1.29, 1.82) is 0 Å². The minimum Gasteiger partial charge on any atom is -0.376 e. The first-order valence-electron chi connectivity index (χ1n) is 10.9. The molecule has 32 heavy (non-hydrogen) atoms. The van der Waals surface area contributed by atoms with Crippen LogP contribution in [0.2, 0.25) is 0 Å². The predicted molar refractivity (Wildman–Crippen MR) is 121 cm³/mol. The molecule has 1 N–H and O–H groups in total. The normalized spacial score (nSPS) is 13.3. The number of fused-ring (bicyclic) bond motifs is 1. The number of amides is 2. The van der Waals surface area contributed by atoms with Crippen molar-refractivity contribution in [2.45, 2.75) is 53.2 Å². The molecule has 1 aliphatic heterocycles. The number of carbonyl (C=O) groups excluding carboxylic acids is 1. The zero-order valence-corrected chi connectivity index (χ0v) is 19.3. The van der Waals surface area contributed by atoms with Crippen LogP contribution in [0.4, 0.5) is 10.5 Å². The fourth-order valence-electron chi connectivity index (χ4n) is 3.85. The molecule has 0 radical (unpaired) electrons. The molecule has 3 aromatic rings. The van der Waals surface area contributed by atoms with Gasteiger partial charge in [0.1, 0.15) is 0 Å². The summed E-state index contributed by atoms with van der Waals surface area (Å²) in [6.45, 7) is 9.85. The summed E-state index contributed by atoms with van der Waals surface area (Å²) in [5, 5.41) is 11.8. The number of urea groups is 1. The summed E-state index contributed by atoms with van der Waals surface area (Å²) in [5.74, 6) is 0.930. The zero-order chi connectivity index (χ0) is 22.8. The van der Waals surface area contributed by atoms with Gasteiger partial charge in [-0.25, -0.2) is 4.79 Å². The van der Waals surface area contributed by atoms with E-state index in [1.165, 1.54) is 5.69 Å². The number of ether oxygens (including phenoxy) is 1. The smallest absolute Gasteiger partial charge is 0.321 e. The summed E-state index contributed by atoms with van der Waals surface area (Å²) in [7, 11) is 1.75. The van der Waals surface area contributed by atoms with Gasteiger partial charge >= 0.3 is 6.03 Å². The maximum atomic E-state index is 12.5. The van der Waals surface area contributed by atoms with Crippen LogP contribution in [0.1, 0.15) is 48.1 Å². The third kappa shape index (κ3) is 4.52. The summed E-state index contributed by atoms with van der Waals surface area (Å²) in [5.41, 5.74) is 5.87. The molecule has 4 rings (SSSR count). The van der Waals surface area contributed by atoms with Gasteiger partial charge in [0, 0.05) is 49.4 Å². The van der Waals surface area contributed by atoms with E-state index in [1.54, 1.807) is 11.9 Å². The number of likely N-dealkylation sites (N-methyl/N-ethyl adjacent to an activating group) is 1. The number of nitrogens with one attached hydrogen (secondary N) is 1. The van der Waals surface area contributed by atoms with E-state index in [4.69, 9.17) is 14.4 Å². The van der Waals surface area contributed by atoms with E-state index in [0.29, 0.717) is 43.6 Å². The van der Waals surface area contributed by atoms with Crippen LogP contribution in [-0.4, -0.2) is 51.1 Å². The maximum Gasteiger partial charge on any atom is 0.321 e. The van der Waals surface area contributed by atoms with E-state index in [9.17, 15) is 4.79 Å². The average Bonchev–Trinajstić information content (AvgIpc) is 3.38. The summed E-state index contributed by atoms with van der Waals surface area (Å²) in [6, 6.07) is 6.00. The monoisotopic (exact) mass is 438 g/mol. The van der Waals surface area contributed by atoms with Crippen LogP contribution >= 0.6 is 0 Å². The van der Waals surface area contributed by atoms with E-state index in [2.05, 4.69) is 29.3 Å². The quantitative estimate of drug-likeness (QED) is 0.627. The van der Waals surface area contributed by atoms with Crippen molar-refractivity contribution >= 4 is 11.7 Å². The second kappa shape index (κ2) is 9.12. The molecule has 9 nitrogen and oxygen atoms in total. The van der Waals surface area contributed by atoms with Gasteiger partial charge in [0.2, 0.25) is 0 Å². The van der Waals surface area contributed by atoms with Crippen molar-refractivity contribution in [1.82, 2.24) is 24.8 Å². The molecule has 1 aliphatic rings. The first-order valence-corrected chi connectivity index (χ1v) is 10.9. The van der Waals surface area contributed by atoms with Crippen molar-refractivity contribution in [3.8, 4) is 11.6 Å². The van der Waals surface area contributed by atoms with Gasteiger partial charge in [-0.05, 0) is 39.3 Å². The lowest BCUT2D eigenvalue weighted by Gasteiger charge is -2.18. The molecule has 2 amide bonds. The minimum absolute atomic E-state index is 0.178. The number of nitrogens with zero attached hydrogens (tertiary/aromatic N) is 5. The number of benzene rings is 1. The number of aryl methyl sites for hydroxylation is 2. The van der Waals surface area contributed by atoms with Gasteiger partial charge in [0.05, 0.1) is 13.2 Å². The summed E-state index contributed by atoms with van der Waals surface area (Å²) in [4.78, 5) is 18.7. The molecule has 170 valence electrons. The fourth-order valence-corrected chi connectivity index (χ4v) is 3.85. The molecule has 3 heterocycles. The Morgan fingerprint density at radius 2 is 2.12 bits per heavy atom. The molecule has 0 unspecified atom stereocenters. The third-order valence-corrected chi connectivity index (χ3v) is 5.65. The summed E-state index contributed by atoms with van der Waals surface area (Å²) >= 11 is 0. The highest BCUT2D eigenvalue weighted by molar-refractivity contribution is 5.90. The minimum atomic E-state index is -0.178. The molecule has 0 fully saturated rings. The van der Waals surface area contributed by atoms with Crippen molar-refractivity contribution in [2.24, 2.45) is 0 Å². The van der Waals surface area contributed by atoms with E-state index in [-0.39, 0.29) is 12.1 Å². The number of rotatable bonds is 6. The Morgan fingerprint density at radius 3 is 2.88 bits per heavy atom. The third-order valence-electron chi connectivity index (χ3n) is 5.65. The second-order valence-corrected chi connectivity index (χ2v) is 8.55. The second-order valence-electron chi connectivity index (χ2n) is 8.55. The number of hydrogen-bond donors (Lipinski definition) is 1. The standard InChI is InChI=1S/C23H30N6O3/c1-14(2)29-19-9-11-31-13-17(19)21(26-29)22-25-20(27-32-22)8-10-28(5)23(30)24-18-7-6-15(3)12-16(18)4/h6-7,12,14H,8-11,13H2,1-5H3,(H,24,30). The van der Waals surface area contributed by atoms with Crippen LogP contribution in [0.15, 0.2) is 22.7 Å². The number of anilines is 1. The first-order chi connectivity index (χ1) is 15.3. The summed E-state index contributed by atoms with van der Waals surface area (Å²) in [6.07, 6.45) is 1.30. The van der Waals surface area contributed by atoms with Crippen LogP contribution in [0, 0.1) is 13.8 Å². The highest BCUT2D eigenvalue weighted by Crippen LogP contribution is 2.30. The van der Waals surface area contributed by atoms with Crippen molar-refractivity contribution in [3.05, 3.63) is 46.4 Å². The van der Waals surface area contributed by atoms with Gasteiger partial charge in [-0.2, -0.15) is 10.1 Å². The number of carbonyl (C=O) groups is 1. The number of aromatic nitrogens is 4. The van der Waals surface area contributed by atoms with E-state index in [0.717, 1.165) is 28.8 Å². The SMILES string of the molecule is Cc1ccc(NC(=O)N(C)CCc2noc(-c3nn(C(C)C)c4c3COCC4)n2)c(C)c1. The van der Waals surface area contributed by atoms with Crippen molar-refractivity contribution in [2.75, 3.05) is 25.5 Å². The average molecular weight is 439 g/mol. The number of hydrogen-bond acceptors (Lipinski definition) is 6. The Bertz CT molecular complexity index is 1120. The van der Waals surface area contributed by atoms with Crippen LogP contribution in [-0.2, 0) is 24.2 Å². The highest BCUT2D eigenvalue weighted by Gasteiger charge is 2.26.